The molecule has 0 bridgehead atoms. The number of para-hydroxylation sites is 1. The molecule has 0 saturated carbocycles. The van der Waals surface area contributed by atoms with Gasteiger partial charge in [0.2, 0.25) is 0 Å². The van der Waals surface area contributed by atoms with Gasteiger partial charge in [-0.3, -0.25) is 0 Å². The Kier molecular flexibility index (Phi) is 3.25. The molecule has 0 aromatic heterocycles. The minimum absolute atomic E-state index is 0.298. The van der Waals surface area contributed by atoms with E-state index >= 15 is 0 Å². The van der Waals surface area contributed by atoms with Crippen LogP contribution in [0.25, 0.3) is 0 Å². The van der Waals surface area contributed by atoms with E-state index in [0.717, 1.165) is 10.0 Å². The highest BCUT2D eigenvalue weighted by atomic mass is 79.9. The van der Waals surface area contributed by atoms with Crippen molar-refractivity contribution in [3.05, 3.63) is 58.3 Å². The minimum Gasteiger partial charge on any atom is -0.456 e. The van der Waals surface area contributed by atoms with E-state index < -0.39 is 0 Å². The van der Waals surface area contributed by atoms with Crippen LogP contribution in [0.2, 0.25) is 0 Å². The second kappa shape index (κ2) is 4.66. The Hall–Kier alpha value is -1.35. The molecule has 0 amide bonds. The maximum absolute atomic E-state index is 13.1. The lowest BCUT2D eigenvalue weighted by Gasteiger charge is -2.09. The van der Waals surface area contributed by atoms with Gasteiger partial charge in [0.05, 0.1) is 4.47 Å². The standard InChI is InChI=1S/C13H10BrFO/c1-9-6-7-10(15)8-13(9)16-12-5-3-2-4-11(12)14/h2-8H,1H3. The van der Waals surface area contributed by atoms with E-state index in [9.17, 15) is 4.39 Å². The fourth-order valence-corrected chi connectivity index (χ4v) is 1.70. The van der Waals surface area contributed by atoms with Crippen LogP contribution in [0.15, 0.2) is 46.9 Å². The Balaban J connectivity index is 2.34. The molecule has 16 heavy (non-hydrogen) atoms. The number of benzene rings is 2. The SMILES string of the molecule is Cc1ccc(F)cc1Oc1ccccc1Br. The summed E-state index contributed by atoms with van der Waals surface area (Å²) in [6.07, 6.45) is 0. The van der Waals surface area contributed by atoms with Crippen LogP contribution in [-0.2, 0) is 0 Å². The zero-order chi connectivity index (χ0) is 11.5. The summed E-state index contributed by atoms with van der Waals surface area (Å²) in [5.74, 6) is 0.913. The summed E-state index contributed by atoms with van der Waals surface area (Å²) in [6.45, 7) is 1.88. The highest BCUT2D eigenvalue weighted by molar-refractivity contribution is 9.10. The highest BCUT2D eigenvalue weighted by Gasteiger charge is 2.05. The zero-order valence-corrected chi connectivity index (χ0v) is 10.3. The highest BCUT2D eigenvalue weighted by Crippen LogP contribution is 2.31. The van der Waals surface area contributed by atoms with E-state index in [0.29, 0.717) is 11.5 Å². The van der Waals surface area contributed by atoms with Gasteiger partial charge in [0.1, 0.15) is 17.3 Å². The molecule has 0 N–H and O–H groups in total. The van der Waals surface area contributed by atoms with Gasteiger partial charge in [0.15, 0.2) is 0 Å². The van der Waals surface area contributed by atoms with Crippen molar-refractivity contribution in [2.45, 2.75) is 6.92 Å². The third-order valence-electron chi connectivity index (χ3n) is 2.21. The van der Waals surface area contributed by atoms with Gasteiger partial charge < -0.3 is 4.74 Å². The summed E-state index contributed by atoms with van der Waals surface area (Å²) >= 11 is 3.38. The lowest BCUT2D eigenvalue weighted by molar-refractivity contribution is 0.470. The minimum atomic E-state index is -0.298. The first-order valence-corrected chi connectivity index (χ1v) is 5.64. The van der Waals surface area contributed by atoms with Gasteiger partial charge in [-0.2, -0.15) is 0 Å². The molecule has 2 aromatic rings. The number of aryl methyl sites for hydroxylation is 1. The Bertz CT molecular complexity index is 511. The molecule has 3 heteroatoms. The molecule has 0 atom stereocenters. The predicted molar refractivity (Wildman–Crippen MR) is 65.4 cm³/mol. The number of halogens is 2. The molecule has 1 nitrogen and oxygen atoms in total. The monoisotopic (exact) mass is 280 g/mol. The van der Waals surface area contributed by atoms with E-state index in [1.54, 1.807) is 6.07 Å². The molecule has 2 rings (SSSR count). The average molecular weight is 281 g/mol. The molecule has 2 aromatic carbocycles. The molecule has 0 aliphatic heterocycles. The molecule has 0 radical (unpaired) electrons. The van der Waals surface area contributed by atoms with Crippen molar-refractivity contribution in [2.75, 3.05) is 0 Å². The molecular formula is C13H10BrFO. The molecule has 0 saturated heterocycles. The van der Waals surface area contributed by atoms with Crippen LogP contribution in [0, 0.1) is 12.7 Å². The van der Waals surface area contributed by atoms with Gasteiger partial charge in [0, 0.05) is 6.07 Å². The lowest BCUT2D eigenvalue weighted by atomic mass is 10.2. The Morgan fingerprint density at radius 1 is 1.06 bits per heavy atom. The number of ether oxygens (including phenoxy) is 1. The number of hydrogen-bond donors (Lipinski definition) is 0. The number of hydrogen-bond acceptors (Lipinski definition) is 1. The summed E-state index contributed by atoms with van der Waals surface area (Å²) in [7, 11) is 0. The third-order valence-corrected chi connectivity index (χ3v) is 2.86. The smallest absolute Gasteiger partial charge is 0.141 e. The van der Waals surface area contributed by atoms with Gasteiger partial charge >= 0.3 is 0 Å². The van der Waals surface area contributed by atoms with Crippen LogP contribution in [0.1, 0.15) is 5.56 Å². The normalized spacial score (nSPS) is 10.2. The van der Waals surface area contributed by atoms with Crippen molar-refractivity contribution in [3.63, 3.8) is 0 Å². The van der Waals surface area contributed by atoms with Gasteiger partial charge in [-0.15, -0.1) is 0 Å². The van der Waals surface area contributed by atoms with E-state index in [1.165, 1.54) is 12.1 Å². The van der Waals surface area contributed by atoms with E-state index in [4.69, 9.17) is 4.74 Å². The Morgan fingerprint density at radius 3 is 2.56 bits per heavy atom. The predicted octanol–water partition coefficient (Wildman–Crippen LogP) is 4.69. The van der Waals surface area contributed by atoms with E-state index in [1.807, 2.05) is 31.2 Å². The summed E-state index contributed by atoms with van der Waals surface area (Å²) in [6, 6.07) is 12.0. The molecule has 0 aliphatic rings. The lowest BCUT2D eigenvalue weighted by Crippen LogP contribution is -1.89. The molecule has 0 aliphatic carbocycles. The van der Waals surface area contributed by atoms with Crippen LogP contribution in [0.5, 0.6) is 11.5 Å². The molecule has 82 valence electrons. The van der Waals surface area contributed by atoms with Crippen LogP contribution in [-0.4, -0.2) is 0 Å². The summed E-state index contributed by atoms with van der Waals surface area (Å²) in [5, 5.41) is 0. The van der Waals surface area contributed by atoms with Crippen molar-refractivity contribution < 1.29 is 9.13 Å². The summed E-state index contributed by atoms with van der Waals surface area (Å²) in [4.78, 5) is 0. The maximum atomic E-state index is 13.1. The fourth-order valence-electron chi connectivity index (χ4n) is 1.33. The molecule has 0 fully saturated rings. The summed E-state index contributed by atoms with van der Waals surface area (Å²) in [5.41, 5.74) is 0.900. The topological polar surface area (TPSA) is 9.23 Å². The van der Waals surface area contributed by atoms with E-state index in [-0.39, 0.29) is 5.82 Å². The van der Waals surface area contributed by atoms with Gasteiger partial charge in [-0.1, -0.05) is 18.2 Å². The summed E-state index contributed by atoms with van der Waals surface area (Å²) < 4.78 is 19.5. The van der Waals surface area contributed by atoms with Crippen molar-refractivity contribution in [1.82, 2.24) is 0 Å². The number of rotatable bonds is 2. The maximum Gasteiger partial charge on any atom is 0.141 e. The first kappa shape index (κ1) is 11.1. The van der Waals surface area contributed by atoms with Gasteiger partial charge in [-0.05, 0) is 46.6 Å². The van der Waals surface area contributed by atoms with Crippen molar-refractivity contribution in [1.29, 1.82) is 0 Å². The third kappa shape index (κ3) is 2.42. The van der Waals surface area contributed by atoms with Gasteiger partial charge in [-0.25, -0.2) is 4.39 Å². The van der Waals surface area contributed by atoms with Crippen LogP contribution < -0.4 is 4.74 Å². The first-order chi connectivity index (χ1) is 7.66. The second-order valence-electron chi connectivity index (χ2n) is 3.44. The molecule has 0 heterocycles. The first-order valence-electron chi connectivity index (χ1n) is 4.85. The average Bonchev–Trinajstić information content (AvgIpc) is 2.27. The van der Waals surface area contributed by atoms with Crippen LogP contribution in [0.3, 0.4) is 0 Å². The molecule has 0 unspecified atom stereocenters. The van der Waals surface area contributed by atoms with Gasteiger partial charge in [0.25, 0.3) is 0 Å². The van der Waals surface area contributed by atoms with Crippen molar-refractivity contribution >= 4 is 15.9 Å². The molecule has 0 spiro atoms. The van der Waals surface area contributed by atoms with Crippen molar-refractivity contribution in [2.24, 2.45) is 0 Å². The second-order valence-corrected chi connectivity index (χ2v) is 4.30. The Labute approximate surface area is 102 Å². The Morgan fingerprint density at radius 2 is 1.81 bits per heavy atom. The largest absolute Gasteiger partial charge is 0.456 e. The quantitative estimate of drug-likeness (QED) is 0.776. The van der Waals surface area contributed by atoms with Crippen molar-refractivity contribution in [3.8, 4) is 11.5 Å². The molecular weight excluding hydrogens is 271 g/mol. The fraction of sp³-hybridized carbons (Fsp3) is 0.0769. The van der Waals surface area contributed by atoms with Crippen LogP contribution in [0.4, 0.5) is 4.39 Å². The van der Waals surface area contributed by atoms with E-state index in [2.05, 4.69) is 15.9 Å². The zero-order valence-electron chi connectivity index (χ0n) is 8.71. The van der Waals surface area contributed by atoms with Crippen LogP contribution >= 0.6 is 15.9 Å².